The number of aliphatic hydroxyl groups excluding tert-OH is 4. The van der Waals surface area contributed by atoms with Crippen molar-refractivity contribution < 1.29 is 49.3 Å². The standard InChI is InChI=1S/C27H35NO10S2/c1-12-7-14-8-15(36-2)9-18-20(14)22(32)19(12)17(30)4-6-39-40-11-16(13(10-28)3-5-29)21(31)26-24(34)23(33)25(35)27(37-18)38-26/h5,7-9,13,16,21,23-27,31-35H,3-4,6,10-11,28H2,1-2H3/t13-,16-,21+,23-,24-,25+,26+,27-/m0/s1. The minimum Gasteiger partial charge on any atom is -0.506 e. The summed E-state index contributed by atoms with van der Waals surface area (Å²) in [6, 6.07) is 4.82. The lowest BCUT2D eigenvalue weighted by Gasteiger charge is -2.44. The van der Waals surface area contributed by atoms with Gasteiger partial charge in [0.2, 0.25) is 6.29 Å². The average molecular weight is 598 g/mol. The number of rotatable bonds is 5. The Labute approximate surface area is 239 Å². The van der Waals surface area contributed by atoms with Crippen molar-refractivity contribution in [3.63, 3.8) is 0 Å². The molecule has 0 saturated carbocycles. The molecular weight excluding hydrogens is 562 g/mol. The molecule has 2 aromatic rings. The zero-order valence-electron chi connectivity index (χ0n) is 22.1. The molecule has 40 heavy (non-hydrogen) atoms. The third-order valence-corrected chi connectivity index (χ3v) is 10.0. The summed E-state index contributed by atoms with van der Waals surface area (Å²) in [6.07, 6.45) is -8.68. The smallest absolute Gasteiger partial charge is 0.229 e. The molecule has 0 radical (unpaired) electrons. The Hall–Kier alpha value is -2.10. The number of methoxy groups -OCH3 is 1. The van der Waals surface area contributed by atoms with Gasteiger partial charge in [0.05, 0.1) is 24.2 Å². The van der Waals surface area contributed by atoms with Crippen LogP contribution in [0.1, 0.15) is 28.8 Å². The molecule has 7 N–H and O–H groups in total. The fourth-order valence-corrected chi connectivity index (χ4v) is 7.78. The molecule has 2 heterocycles. The molecule has 2 aliphatic rings. The van der Waals surface area contributed by atoms with Crippen LogP contribution in [0.15, 0.2) is 18.2 Å². The van der Waals surface area contributed by atoms with Gasteiger partial charge in [0.15, 0.2) is 5.78 Å². The average Bonchev–Trinajstić information content (AvgIpc) is 2.92. The molecule has 1 saturated heterocycles. The van der Waals surface area contributed by atoms with Gasteiger partial charge in [-0.05, 0) is 36.4 Å². The Bertz CT molecular complexity index is 1230. The summed E-state index contributed by atoms with van der Waals surface area (Å²) in [5, 5.41) is 55.7. The van der Waals surface area contributed by atoms with Crippen molar-refractivity contribution in [3.05, 3.63) is 29.3 Å². The van der Waals surface area contributed by atoms with E-state index in [0.717, 1.165) is 0 Å². The number of hydrogen-bond acceptors (Lipinski definition) is 13. The summed E-state index contributed by atoms with van der Waals surface area (Å²) in [4.78, 5) is 24.6. The number of aldehydes is 1. The summed E-state index contributed by atoms with van der Waals surface area (Å²) >= 11 is 0. The van der Waals surface area contributed by atoms with Crippen LogP contribution >= 0.6 is 21.6 Å². The van der Waals surface area contributed by atoms with Gasteiger partial charge in [-0.15, -0.1) is 0 Å². The van der Waals surface area contributed by atoms with Gasteiger partial charge >= 0.3 is 0 Å². The molecule has 0 amide bonds. The number of aromatic hydroxyl groups is 1. The van der Waals surface area contributed by atoms with Crippen LogP contribution < -0.4 is 15.2 Å². The molecule has 220 valence electrons. The number of carbonyl (C=O) groups excluding carboxylic acids is 2. The Balaban J connectivity index is 1.84. The van der Waals surface area contributed by atoms with Crippen molar-refractivity contribution in [1.29, 1.82) is 0 Å². The first kappa shape index (κ1) is 30.8. The van der Waals surface area contributed by atoms with E-state index < -0.39 is 48.6 Å². The van der Waals surface area contributed by atoms with Crippen molar-refractivity contribution in [2.45, 2.75) is 56.6 Å². The van der Waals surface area contributed by atoms with Gasteiger partial charge in [0.1, 0.15) is 48.0 Å². The van der Waals surface area contributed by atoms with Crippen LogP contribution in [0.4, 0.5) is 0 Å². The van der Waals surface area contributed by atoms with Gasteiger partial charge in [-0.2, -0.15) is 0 Å². The van der Waals surface area contributed by atoms with Gasteiger partial charge < -0.3 is 50.3 Å². The number of aryl methyl sites for hydroxylation is 1. The van der Waals surface area contributed by atoms with Crippen molar-refractivity contribution in [1.82, 2.24) is 0 Å². The number of phenols is 1. The summed E-state index contributed by atoms with van der Waals surface area (Å²) in [7, 11) is 4.20. The highest BCUT2D eigenvalue weighted by Crippen LogP contribution is 2.43. The number of nitrogens with two attached hydrogens (primary N) is 1. The Morgan fingerprint density at radius 3 is 2.55 bits per heavy atom. The molecule has 11 nitrogen and oxygen atoms in total. The third kappa shape index (κ3) is 6.07. The van der Waals surface area contributed by atoms with Crippen molar-refractivity contribution in [2.75, 3.05) is 25.2 Å². The SMILES string of the molecule is COc1cc2c3c(O)c(c(C)cc3c1)C(=O)CCSSC[C@@H]([C@H](CN)CC=O)[C@@H](O)[C@H]1O[C@H](O2)[C@H](O)[C@@H](O)[C@@H]1O. The van der Waals surface area contributed by atoms with Crippen LogP contribution in [-0.4, -0.2) is 99.6 Å². The zero-order chi connectivity index (χ0) is 29.1. The maximum absolute atomic E-state index is 13.2. The number of fused-ring (bicyclic) bond motifs is 3. The number of hydrogen-bond donors (Lipinski definition) is 6. The van der Waals surface area contributed by atoms with Crippen LogP contribution in [0.2, 0.25) is 0 Å². The Morgan fingerprint density at radius 1 is 1.12 bits per heavy atom. The molecule has 0 aromatic heterocycles. The number of ether oxygens (including phenoxy) is 3. The largest absolute Gasteiger partial charge is 0.506 e. The molecule has 4 bridgehead atoms. The lowest BCUT2D eigenvalue weighted by atomic mass is 9.81. The van der Waals surface area contributed by atoms with Crippen LogP contribution in [0.5, 0.6) is 17.2 Å². The topological polar surface area (TPSA) is 189 Å². The van der Waals surface area contributed by atoms with E-state index in [1.54, 1.807) is 19.1 Å². The first-order chi connectivity index (χ1) is 19.1. The maximum Gasteiger partial charge on any atom is 0.229 e. The quantitative estimate of drug-likeness (QED) is 0.213. The predicted molar refractivity (Wildman–Crippen MR) is 151 cm³/mol. The molecule has 8 atom stereocenters. The van der Waals surface area contributed by atoms with Gasteiger partial charge in [-0.1, -0.05) is 27.7 Å². The fraction of sp³-hybridized carbons (Fsp3) is 0.556. The minimum absolute atomic E-state index is 0.00357. The van der Waals surface area contributed by atoms with E-state index in [9.17, 15) is 35.1 Å². The van der Waals surface area contributed by atoms with Crippen molar-refractivity contribution >= 4 is 44.4 Å². The third-order valence-electron chi connectivity index (χ3n) is 7.55. The number of aliphatic hydroxyl groups is 4. The molecule has 1 fully saturated rings. The van der Waals surface area contributed by atoms with E-state index in [0.29, 0.717) is 34.5 Å². The van der Waals surface area contributed by atoms with E-state index in [4.69, 9.17) is 19.9 Å². The Morgan fingerprint density at radius 2 is 1.88 bits per heavy atom. The van der Waals surface area contributed by atoms with Gasteiger partial charge in [-0.3, -0.25) is 4.79 Å². The van der Waals surface area contributed by atoms with Crippen LogP contribution in [-0.2, 0) is 9.53 Å². The zero-order valence-corrected chi connectivity index (χ0v) is 23.8. The highest BCUT2D eigenvalue weighted by molar-refractivity contribution is 8.76. The van der Waals surface area contributed by atoms with Crippen LogP contribution in [0.3, 0.4) is 0 Å². The van der Waals surface area contributed by atoms with Gasteiger partial charge in [0.25, 0.3) is 0 Å². The van der Waals surface area contributed by atoms with Crippen molar-refractivity contribution in [2.24, 2.45) is 17.6 Å². The van der Waals surface area contributed by atoms with E-state index in [1.807, 2.05) is 0 Å². The van der Waals surface area contributed by atoms with E-state index in [-0.39, 0.29) is 47.6 Å². The second-order valence-electron chi connectivity index (χ2n) is 10.0. The summed E-state index contributed by atoms with van der Waals surface area (Å²) in [5.41, 5.74) is 6.63. The molecule has 0 aliphatic carbocycles. The van der Waals surface area contributed by atoms with E-state index in [1.165, 1.54) is 34.8 Å². The Kier molecular flexibility index (Phi) is 10.2. The normalized spacial score (nSPS) is 30.6. The lowest BCUT2D eigenvalue weighted by Crippen LogP contribution is -2.63. The first-order valence-electron chi connectivity index (χ1n) is 12.9. The van der Waals surface area contributed by atoms with Gasteiger partial charge in [-0.25, -0.2) is 0 Å². The van der Waals surface area contributed by atoms with Crippen LogP contribution in [0, 0.1) is 18.8 Å². The second-order valence-corrected chi connectivity index (χ2v) is 12.7. The monoisotopic (exact) mass is 597 g/mol. The molecule has 13 heteroatoms. The predicted octanol–water partition coefficient (Wildman–Crippen LogP) is 1.16. The molecular formula is C27H35NO10S2. The van der Waals surface area contributed by atoms with Crippen LogP contribution in [0.25, 0.3) is 10.8 Å². The number of carbonyl (C=O) groups is 2. The van der Waals surface area contributed by atoms with Crippen molar-refractivity contribution in [3.8, 4) is 17.2 Å². The summed E-state index contributed by atoms with van der Waals surface area (Å²) in [6.45, 7) is 1.79. The minimum atomic E-state index is -1.76. The molecule has 4 rings (SSSR count). The number of benzene rings is 2. The lowest BCUT2D eigenvalue weighted by molar-refractivity contribution is -0.292. The molecule has 2 aliphatic heterocycles. The fourth-order valence-electron chi connectivity index (χ4n) is 5.31. The second kappa shape index (κ2) is 13.3. The maximum atomic E-state index is 13.2. The number of ketones is 1. The highest BCUT2D eigenvalue weighted by Gasteiger charge is 2.50. The van der Waals surface area contributed by atoms with E-state index >= 15 is 0 Å². The summed E-state index contributed by atoms with van der Waals surface area (Å²) < 4.78 is 17.3. The number of phenolic OH excluding ortho intramolecular Hbond substituents is 1. The molecule has 2 aromatic carbocycles. The van der Waals surface area contributed by atoms with E-state index in [2.05, 4.69) is 0 Å². The molecule has 0 unspecified atom stereocenters. The van der Waals surface area contributed by atoms with Gasteiger partial charge in [0, 0.05) is 36.3 Å². The highest BCUT2D eigenvalue weighted by atomic mass is 33.1. The first-order valence-corrected chi connectivity index (χ1v) is 15.4. The molecule has 0 spiro atoms. The summed E-state index contributed by atoms with van der Waals surface area (Å²) in [5.74, 6) is -0.622. The number of Topliss-reactive ketones (excluding diaryl/α,β-unsaturated/α-hetero) is 1.